The maximum atomic E-state index is 10.9. The lowest BCUT2D eigenvalue weighted by atomic mass is 10.2. The van der Waals surface area contributed by atoms with Crippen molar-refractivity contribution in [2.75, 3.05) is 12.9 Å². The number of benzene rings is 1. The third-order valence-corrected chi connectivity index (χ3v) is 3.06. The van der Waals surface area contributed by atoms with Crippen LogP contribution in [0.2, 0.25) is 0 Å². The maximum absolute atomic E-state index is 10.9. The Morgan fingerprint density at radius 2 is 2.00 bits per heavy atom. The van der Waals surface area contributed by atoms with Gasteiger partial charge in [0.1, 0.15) is 6.10 Å². The van der Waals surface area contributed by atoms with E-state index in [0.29, 0.717) is 6.61 Å². The Balaban J connectivity index is 1.81. The van der Waals surface area contributed by atoms with Crippen molar-refractivity contribution in [3.8, 4) is 0 Å². The van der Waals surface area contributed by atoms with Crippen molar-refractivity contribution >= 4 is 10.1 Å². The van der Waals surface area contributed by atoms with Crippen molar-refractivity contribution in [1.29, 1.82) is 0 Å². The summed E-state index contributed by atoms with van der Waals surface area (Å²) in [7, 11) is -3.47. The Morgan fingerprint density at radius 3 is 2.58 bits per heavy atom. The standard InChI is InChI=1S/C13H16O5S/c1-19(14,15)18-12-7-8-13(17-10-12)16-9-11-5-3-2-4-6-11/h2-8,12-13H,9-10H2,1H3/t12-,13+/m1/s1. The van der Waals surface area contributed by atoms with Crippen LogP contribution in [0.15, 0.2) is 42.5 Å². The quantitative estimate of drug-likeness (QED) is 0.605. The van der Waals surface area contributed by atoms with Crippen molar-refractivity contribution in [2.24, 2.45) is 0 Å². The van der Waals surface area contributed by atoms with Gasteiger partial charge in [-0.25, -0.2) is 0 Å². The average Bonchev–Trinajstić information content (AvgIpc) is 2.37. The molecule has 0 aromatic heterocycles. The van der Waals surface area contributed by atoms with Gasteiger partial charge in [-0.15, -0.1) is 0 Å². The molecule has 0 N–H and O–H groups in total. The van der Waals surface area contributed by atoms with Gasteiger partial charge in [-0.3, -0.25) is 4.18 Å². The van der Waals surface area contributed by atoms with Crippen molar-refractivity contribution < 1.29 is 22.1 Å². The van der Waals surface area contributed by atoms with E-state index in [1.807, 2.05) is 30.3 Å². The molecule has 1 heterocycles. The van der Waals surface area contributed by atoms with E-state index in [9.17, 15) is 8.42 Å². The van der Waals surface area contributed by atoms with E-state index in [4.69, 9.17) is 13.7 Å². The molecular weight excluding hydrogens is 268 g/mol. The lowest BCUT2D eigenvalue weighted by Crippen LogP contribution is -2.29. The van der Waals surface area contributed by atoms with Crippen LogP contribution in [-0.2, 0) is 30.4 Å². The fraction of sp³-hybridized carbons (Fsp3) is 0.385. The first-order chi connectivity index (χ1) is 9.03. The number of rotatable bonds is 5. The Kier molecular flexibility index (Phi) is 4.71. The minimum absolute atomic E-state index is 0.156. The second-order valence-electron chi connectivity index (χ2n) is 4.22. The van der Waals surface area contributed by atoms with E-state index in [1.165, 1.54) is 0 Å². The zero-order chi connectivity index (χ0) is 13.7. The van der Waals surface area contributed by atoms with Crippen LogP contribution in [0.1, 0.15) is 5.56 Å². The van der Waals surface area contributed by atoms with Crippen molar-refractivity contribution in [1.82, 2.24) is 0 Å². The molecule has 0 bridgehead atoms. The van der Waals surface area contributed by atoms with Crippen LogP contribution in [0.25, 0.3) is 0 Å². The molecule has 0 fully saturated rings. The molecule has 0 aliphatic carbocycles. The van der Waals surface area contributed by atoms with Crippen LogP contribution in [0, 0.1) is 0 Å². The molecule has 19 heavy (non-hydrogen) atoms. The summed E-state index contributed by atoms with van der Waals surface area (Å²) in [5.41, 5.74) is 1.05. The first kappa shape index (κ1) is 14.2. The van der Waals surface area contributed by atoms with Gasteiger partial charge in [0.25, 0.3) is 10.1 Å². The summed E-state index contributed by atoms with van der Waals surface area (Å²) >= 11 is 0. The van der Waals surface area contributed by atoms with Crippen molar-refractivity contribution in [3.05, 3.63) is 48.0 Å². The Hall–Kier alpha value is -1.21. The molecule has 0 spiro atoms. The molecule has 0 saturated carbocycles. The molecule has 1 aliphatic heterocycles. The van der Waals surface area contributed by atoms with Crippen molar-refractivity contribution in [2.45, 2.75) is 19.0 Å². The summed E-state index contributed by atoms with van der Waals surface area (Å²) < 4.78 is 37.6. The third-order valence-electron chi connectivity index (χ3n) is 2.46. The monoisotopic (exact) mass is 284 g/mol. The highest BCUT2D eigenvalue weighted by molar-refractivity contribution is 7.86. The molecule has 6 heteroatoms. The summed E-state index contributed by atoms with van der Waals surface area (Å²) in [6, 6.07) is 9.73. The lowest BCUT2D eigenvalue weighted by molar-refractivity contribution is -0.136. The SMILES string of the molecule is CS(=O)(=O)O[C@@H]1C=C[C@@H](OCc2ccccc2)OC1. The van der Waals surface area contributed by atoms with Crippen LogP contribution in [0.5, 0.6) is 0 Å². The zero-order valence-electron chi connectivity index (χ0n) is 10.6. The molecule has 2 atom stereocenters. The number of hydrogen-bond acceptors (Lipinski definition) is 5. The van der Waals surface area contributed by atoms with E-state index >= 15 is 0 Å². The van der Waals surface area contributed by atoms with Crippen LogP contribution in [0.4, 0.5) is 0 Å². The summed E-state index contributed by atoms with van der Waals surface area (Å²) in [6.45, 7) is 0.594. The summed E-state index contributed by atoms with van der Waals surface area (Å²) in [4.78, 5) is 0. The van der Waals surface area contributed by atoms with E-state index in [2.05, 4.69) is 0 Å². The molecule has 0 unspecified atom stereocenters. The minimum Gasteiger partial charge on any atom is -0.346 e. The first-order valence-corrected chi connectivity index (χ1v) is 7.68. The van der Waals surface area contributed by atoms with Gasteiger partial charge >= 0.3 is 0 Å². The predicted molar refractivity (Wildman–Crippen MR) is 69.8 cm³/mol. The molecule has 1 aromatic carbocycles. The molecule has 104 valence electrons. The molecule has 1 aromatic rings. The van der Waals surface area contributed by atoms with E-state index in [0.717, 1.165) is 11.8 Å². The van der Waals surface area contributed by atoms with Gasteiger partial charge in [-0.2, -0.15) is 8.42 Å². The summed E-state index contributed by atoms with van der Waals surface area (Å²) in [5.74, 6) is 0. The van der Waals surface area contributed by atoms with E-state index in [-0.39, 0.29) is 6.61 Å². The summed E-state index contributed by atoms with van der Waals surface area (Å²) in [6.07, 6.45) is 3.26. The maximum Gasteiger partial charge on any atom is 0.265 e. The lowest BCUT2D eigenvalue weighted by Gasteiger charge is -2.23. The van der Waals surface area contributed by atoms with Crippen LogP contribution < -0.4 is 0 Å². The molecule has 0 radical (unpaired) electrons. The second-order valence-corrected chi connectivity index (χ2v) is 5.82. The molecule has 0 saturated heterocycles. The number of hydrogen-bond donors (Lipinski definition) is 0. The van der Waals surface area contributed by atoms with Gasteiger partial charge < -0.3 is 9.47 Å². The van der Waals surface area contributed by atoms with Crippen molar-refractivity contribution in [3.63, 3.8) is 0 Å². The minimum atomic E-state index is -3.47. The molecular formula is C13H16O5S. The fourth-order valence-electron chi connectivity index (χ4n) is 1.66. The van der Waals surface area contributed by atoms with Gasteiger partial charge in [-0.05, 0) is 11.6 Å². The van der Waals surface area contributed by atoms with Crippen LogP contribution in [0.3, 0.4) is 0 Å². The molecule has 1 aliphatic rings. The van der Waals surface area contributed by atoms with E-state index in [1.54, 1.807) is 12.2 Å². The highest BCUT2D eigenvalue weighted by Gasteiger charge is 2.20. The topological polar surface area (TPSA) is 61.8 Å². The van der Waals surface area contributed by atoms with Gasteiger partial charge in [0.05, 0.1) is 19.5 Å². The predicted octanol–water partition coefficient (Wildman–Crippen LogP) is 1.46. The number of ether oxygens (including phenoxy) is 2. The normalized spacial score (nSPS) is 23.4. The molecule has 5 nitrogen and oxygen atoms in total. The highest BCUT2D eigenvalue weighted by atomic mass is 32.2. The smallest absolute Gasteiger partial charge is 0.265 e. The Labute approximate surface area is 112 Å². The van der Waals surface area contributed by atoms with Gasteiger partial charge in [0, 0.05) is 0 Å². The molecule has 0 amide bonds. The van der Waals surface area contributed by atoms with Crippen LogP contribution >= 0.6 is 0 Å². The Bertz CT molecular complexity index is 523. The van der Waals surface area contributed by atoms with Crippen LogP contribution in [-0.4, -0.2) is 33.7 Å². The Morgan fingerprint density at radius 1 is 1.26 bits per heavy atom. The van der Waals surface area contributed by atoms with Gasteiger partial charge in [0.2, 0.25) is 0 Å². The largest absolute Gasteiger partial charge is 0.346 e. The molecule has 2 rings (SSSR count). The highest BCUT2D eigenvalue weighted by Crippen LogP contribution is 2.13. The van der Waals surface area contributed by atoms with Gasteiger partial charge in [0.15, 0.2) is 6.29 Å². The first-order valence-electron chi connectivity index (χ1n) is 5.87. The second kappa shape index (κ2) is 6.29. The van der Waals surface area contributed by atoms with E-state index < -0.39 is 22.5 Å². The summed E-state index contributed by atoms with van der Waals surface area (Å²) in [5, 5.41) is 0. The third kappa shape index (κ3) is 5.12. The average molecular weight is 284 g/mol. The fourth-order valence-corrected chi connectivity index (χ4v) is 2.22. The van der Waals surface area contributed by atoms with Gasteiger partial charge in [-0.1, -0.05) is 36.4 Å². The zero-order valence-corrected chi connectivity index (χ0v) is 11.4.